The molecule has 1 aliphatic rings. The predicted molar refractivity (Wildman–Crippen MR) is 66.3 cm³/mol. The molecule has 1 aromatic rings. The van der Waals surface area contributed by atoms with Crippen molar-refractivity contribution in [3.8, 4) is 5.75 Å². The number of sulfonamides is 1. The van der Waals surface area contributed by atoms with Gasteiger partial charge in [0, 0.05) is 6.54 Å². The molecule has 4 nitrogen and oxygen atoms in total. The molecule has 2 rings (SSSR count). The molecule has 1 saturated carbocycles. The normalized spacial score (nSPS) is 16.0. The number of hydrogen-bond acceptors (Lipinski definition) is 3. The first-order valence-electron chi connectivity index (χ1n) is 5.80. The Labute approximate surface area is 102 Å². The molecule has 17 heavy (non-hydrogen) atoms. The van der Waals surface area contributed by atoms with Crippen LogP contribution in [0.5, 0.6) is 5.75 Å². The minimum absolute atomic E-state index is 0.225. The van der Waals surface area contributed by atoms with Crippen LogP contribution in [0, 0.1) is 5.92 Å². The van der Waals surface area contributed by atoms with Gasteiger partial charge < -0.3 is 5.11 Å². The van der Waals surface area contributed by atoms with Gasteiger partial charge in [0.15, 0.2) is 0 Å². The zero-order chi connectivity index (χ0) is 12.3. The first kappa shape index (κ1) is 12.4. The summed E-state index contributed by atoms with van der Waals surface area (Å²) in [6.07, 6.45) is 2.72. The van der Waals surface area contributed by atoms with E-state index in [4.69, 9.17) is 5.11 Å². The van der Waals surface area contributed by atoms with Gasteiger partial charge in [-0.1, -0.05) is 12.1 Å². The topological polar surface area (TPSA) is 66.4 Å². The third kappa shape index (κ3) is 4.36. The van der Waals surface area contributed by atoms with Crippen molar-refractivity contribution in [3.63, 3.8) is 0 Å². The van der Waals surface area contributed by atoms with E-state index in [1.807, 2.05) is 0 Å². The highest BCUT2D eigenvalue weighted by Crippen LogP contribution is 2.29. The molecule has 0 amide bonds. The van der Waals surface area contributed by atoms with Crippen molar-refractivity contribution in [3.05, 3.63) is 29.8 Å². The van der Waals surface area contributed by atoms with Crippen LogP contribution in [-0.4, -0.2) is 25.8 Å². The van der Waals surface area contributed by atoms with E-state index in [9.17, 15) is 8.42 Å². The van der Waals surface area contributed by atoms with Gasteiger partial charge in [-0.25, -0.2) is 13.1 Å². The minimum atomic E-state index is -3.10. The first-order valence-corrected chi connectivity index (χ1v) is 7.46. The third-order valence-corrected chi connectivity index (χ3v) is 4.38. The van der Waals surface area contributed by atoms with Gasteiger partial charge in [-0.3, -0.25) is 0 Å². The van der Waals surface area contributed by atoms with Crippen molar-refractivity contribution in [1.82, 2.24) is 4.72 Å². The van der Waals surface area contributed by atoms with Crippen LogP contribution in [0.25, 0.3) is 0 Å². The van der Waals surface area contributed by atoms with Crippen molar-refractivity contribution in [2.24, 2.45) is 5.92 Å². The van der Waals surface area contributed by atoms with Crippen LogP contribution in [0.3, 0.4) is 0 Å². The fourth-order valence-electron chi connectivity index (χ4n) is 1.67. The lowest BCUT2D eigenvalue weighted by Crippen LogP contribution is -2.29. The van der Waals surface area contributed by atoms with Crippen LogP contribution < -0.4 is 4.72 Å². The van der Waals surface area contributed by atoms with E-state index in [-0.39, 0.29) is 11.5 Å². The van der Waals surface area contributed by atoms with Gasteiger partial charge in [-0.15, -0.1) is 0 Å². The van der Waals surface area contributed by atoms with Gasteiger partial charge in [0.25, 0.3) is 0 Å². The van der Waals surface area contributed by atoms with Crippen molar-refractivity contribution < 1.29 is 13.5 Å². The highest BCUT2D eigenvalue weighted by Gasteiger charge is 2.27. The van der Waals surface area contributed by atoms with Gasteiger partial charge >= 0.3 is 0 Å². The molecule has 0 aliphatic heterocycles. The Kier molecular flexibility index (Phi) is 3.69. The lowest BCUT2D eigenvalue weighted by molar-refractivity contribution is 0.475. The van der Waals surface area contributed by atoms with E-state index in [2.05, 4.69) is 4.72 Å². The molecule has 0 heterocycles. The van der Waals surface area contributed by atoms with Crippen LogP contribution in [0.1, 0.15) is 18.4 Å². The Morgan fingerprint density at radius 3 is 2.47 bits per heavy atom. The Hall–Kier alpha value is -1.07. The summed E-state index contributed by atoms with van der Waals surface area (Å²) in [4.78, 5) is 0. The molecule has 94 valence electrons. The Morgan fingerprint density at radius 1 is 1.24 bits per heavy atom. The van der Waals surface area contributed by atoms with Gasteiger partial charge in [0.05, 0.1) is 5.75 Å². The standard InChI is InChI=1S/C12H17NO3S/c14-12-5-3-10(4-6-12)7-8-13-17(15,16)9-11-1-2-11/h3-6,11,13-14H,1-2,7-9H2. The second-order valence-electron chi connectivity index (χ2n) is 4.54. The third-order valence-electron chi connectivity index (χ3n) is 2.82. The molecule has 0 unspecified atom stereocenters. The molecule has 1 aliphatic carbocycles. The highest BCUT2D eigenvalue weighted by molar-refractivity contribution is 7.89. The quantitative estimate of drug-likeness (QED) is 0.804. The Bertz CT molecular complexity index is 463. The smallest absolute Gasteiger partial charge is 0.211 e. The number of rotatable bonds is 6. The van der Waals surface area contributed by atoms with Gasteiger partial charge in [0.2, 0.25) is 10.0 Å². The predicted octanol–water partition coefficient (Wildman–Crippen LogP) is 1.26. The van der Waals surface area contributed by atoms with E-state index >= 15 is 0 Å². The van der Waals surface area contributed by atoms with Gasteiger partial charge in [0.1, 0.15) is 5.75 Å². The maximum atomic E-state index is 11.6. The number of aromatic hydroxyl groups is 1. The Balaban J connectivity index is 1.76. The minimum Gasteiger partial charge on any atom is -0.508 e. The molecule has 0 spiro atoms. The highest BCUT2D eigenvalue weighted by atomic mass is 32.2. The van der Waals surface area contributed by atoms with Gasteiger partial charge in [-0.05, 0) is 42.9 Å². The summed E-state index contributed by atoms with van der Waals surface area (Å²) in [5.74, 6) is 0.868. The zero-order valence-electron chi connectivity index (χ0n) is 9.59. The molecule has 0 radical (unpaired) electrons. The monoisotopic (exact) mass is 255 g/mol. The van der Waals surface area contributed by atoms with E-state index in [1.165, 1.54) is 0 Å². The molecular weight excluding hydrogens is 238 g/mol. The maximum Gasteiger partial charge on any atom is 0.211 e. The summed E-state index contributed by atoms with van der Waals surface area (Å²) >= 11 is 0. The molecule has 1 fully saturated rings. The second kappa shape index (κ2) is 5.06. The molecule has 0 atom stereocenters. The molecule has 0 aromatic heterocycles. The summed E-state index contributed by atoms with van der Waals surface area (Å²) in [6, 6.07) is 6.80. The summed E-state index contributed by atoms with van der Waals surface area (Å²) in [7, 11) is -3.10. The van der Waals surface area contributed by atoms with Crippen LogP contribution in [0.15, 0.2) is 24.3 Å². The van der Waals surface area contributed by atoms with Crippen LogP contribution in [0.2, 0.25) is 0 Å². The molecule has 2 N–H and O–H groups in total. The van der Waals surface area contributed by atoms with Crippen molar-refractivity contribution >= 4 is 10.0 Å². The fourth-order valence-corrected chi connectivity index (χ4v) is 3.15. The first-order chi connectivity index (χ1) is 8.05. The number of phenolic OH excluding ortho intramolecular Hbond substituents is 1. The summed E-state index contributed by atoms with van der Waals surface area (Å²) in [5.41, 5.74) is 1.01. The second-order valence-corrected chi connectivity index (χ2v) is 6.39. The lowest BCUT2D eigenvalue weighted by Gasteiger charge is -2.06. The van der Waals surface area contributed by atoms with Crippen molar-refractivity contribution in [2.45, 2.75) is 19.3 Å². The van der Waals surface area contributed by atoms with Crippen molar-refractivity contribution in [1.29, 1.82) is 0 Å². The van der Waals surface area contributed by atoms with Crippen molar-refractivity contribution in [2.75, 3.05) is 12.3 Å². The van der Waals surface area contributed by atoms with E-state index in [1.54, 1.807) is 24.3 Å². The summed E-state index contributed by atoms with van der Waals surface area (Å²) in [5, 5.41) is 9.11. The average Bonchev–Trinajstić information content (AvgIpc) is 3.04. The largest absolute Gasteiger partial charge is 0.508 e. The molecule has 0 saturated heterocycles. The lowest BCUT2D eigenvalue weighted by atomic mass is 10.1. The van der Waals surface area contributed by atoms with Crippen LogP contribution in [-0.2, 0) is 16.4 Å². The molecule has 0 bridgehead atoms. The Morgan fingerprint density at radius 2 is 1.88 bits per heavy atom. The summed E-state index contributed by atoms with van der Waals surface area (Å²) in [6.45, 7) is 0.416. The number of hydrogen-bond donors (Lipinski definition) is 2. The zero-order valence-corrected chi connectivity index (χ0v) is 10.4. The van der Waals surface area contributed by atoms with E-state index in [0.717, 1.165) is 18.4 Å². The number of phenols is 1. The molecular formula is C12H17NO3S. The van der Waals surface area contributed by atoms with E-state index < -0.39 is 10.0 Å². The van der Waals surface area contributed by atoms with Gasteiger partial charge in [-0.2, -0.15) is 0 Å². The molecule has 5 heteroatoms. The summed E-state index contributed by atoms with van der Waals surface area (Å²) < 4.78 is 25.8. The number of nitrogens with one attached hydrogen (secondary N) is 1. The SMILES string of the molecule is O=S(=O)(CC1CC1)NCCc1ccc(O)cc1. The fraction of sp³-hybridized carbons (Fsp3) is 0.500. The number of benzene rings is 1. The molecule has 1 aromatic carbocycles. The van der Waals surface area contributed by atoms with Crippen LogP contribution in [0.4, 0.5) is 0 Å². The van der Waals surface area contributed by atoms with Crippen LogP contribution >= 0.6 is 0 Å². The van der Waals surface area contributed by atoms with E-state index in [0.29, 0.717) is 18.9 Å². The maximum absolute atomic E-state index is 11.6. The average molecular weight is 255 g/mol.